The number of rotatable bonds is 4. The lowest BCUT2D eigenvalue weighted by atomic mass is 9.94. The Kier molecular flexibility index (Phi) is 5.51. The Morgan fingerprint density at radius 3 is 2.52 bits per heavy atom. The van der Waals surface area contributed by atoms with E-state index in [9.17, 15) is 9.18 Å². The molecule has 7 heteroatoms. The predicted molar refractivity (Wildman–Crippen MR) is 112 cm³/mol. The molecular formula is C20H21BBrFN2O2. The molecule has 4 nitrogen and oxygen atoms in total. The minimum Gasteiger partial charge on any atom is -0.444 e. The molecular weight excluding hydrogens is 410 g/mol. The first kappa shape index (κ1) is 19.7. The van der Waals surface area contributed by atoms with Crippen molar-refractivity contribution < 1.29 is 13.9 Å². The molecule has 2 radical (unpaired) electrons. The van der Waals surface area contributed by atoms with Crippen LogP contribution in [0.15, 0.2) is 40.9 Å². The van der Waals surface area contributed by atoms with Gasteiger partial charge in [0.05, 0.1) is 13.1 Å². The van der Waals surface area contributed by atoms with Crippen LogP contribution in [0.2, 0.25) is 0 Å². The summed E-state index contributed by atoms with van der Waals surface area (Å²) in [4.78, 5) is 11.7. The van der Waals surface area contributed by atoms with E-state index in [1.54, 1.807) is 26.8 Å². The molecule has 3 rings (SSSR count). The van der Waals surface area contributed by atoms with Crippen molar-refractivity contribution in [1.29, 1.82) is 0 Å². The smallest absolute Gasteiger partial charge is 0.407 e. The van der Waals surface area contributed by atoms with E-state index in [-0.39, 0.29) is 13.1 Å². The molecule has 0 bridgehead atoms. The fourth-order valence-electron chi connectivity index (χ4n) is 3.06. The SMILES string of the molecule is [B]c1ccc2c(c1)c1cc(Br)ccc1n2CC(F)CNC(=O)OC(C)(C)C. The molecule has 27 heavy (non-hydrogen) atoms. The molecule has 1 amide bonds. The zero-order chi connectivity index (χ0) is 19.8. The summed E-state index contributed by atoms with van der Waals surface area (Å²) in [7, 11) is 5.94. The molecule has 2 aromatic carbocycles. The topological polar surface area (TPSA) is 43.3 Å². The lowest BCUT2D eigenvalue weighted by Crippen LogP contribution is -2.36. The normalized spacial score (nSPS) is 13.1. The van der Waals surface area contributed by atoms with Crippen LogP contribution in [0.3, 0.4) is 0 Å². The number of benzene rings is 2. The fraction of sp³-hybridized carbons (Fsp3) is 0.350. The van der Waals surface area contributed by atoms with Gasteiger partial charge >= 0.3 is 6.09 Å². The zero-order valence-electron chi connectivity index (χ0n) is 15.6. The van der Waals surface area contributed by atoms with E-state index in [0.717, 1.165) is 26.3 Å². The van der Waals surface area contributed by atoms with Gasteiger partial charge in [-0.2, -0.15) is 0 Å². The van der Waals surface area contributed by atoms with E-state index < -0.39 is 17.9 Å². The third-order valence-corrected chi connectivity index (χ3v) is 4.59. The van der Waals surface area contributed by atoms with Crippen LogP contribution in [0.25, 0.3) is 21.8 Å². The molecule has 0 aliphatic carbocycles. The van der Waals surface area contributed by atoms with Crippen molar-refractivity contribution in [3.05, 3.63) is 40.9 Å². The van der Waals surface area contributed by atoms with Crippen molar-refractivity contribution in [1.82, 2.24) is 9.88 Å². The van der Waals surface area contributed by atoms with Gasteiger partial charge < -0.3 is 14.6 Å². The van der Waals surface area contributed by atoms with Crippen molar-refractivity contribution in [2.45, 2.75) is 39.1 Å². The van der Waals surface area contributed by atoms with Crippen molar-refractivity contribution in [2.24, 2.45) is 0 Å². The van der Waals surface area contributed by atoms with Gasteiger partial charge in [0.15, 0.2) is 0 Å². The van der Waals surface area contributed by atoms with Crippen LogP contribution in [0, 0.1) is 0 Å². The van der Waals surface area contributed by atoms with Gasteiger partial charge in [-0.05, 0) is 45.0 Å². The second-order valence-electron chi connectivity index (χ2n) is 7.53. The Morgan fingerprint density at radius 2 is 1.85 bits per heavy atom. The quantitative estimate of drug-likeness (QED) is 0.630. The van der Waals surface area contributed by atoms with Gasteiger partial charge in [-0.1, -0.05) is 33.5 Å². The summed E-state index contributed by atoms with van der Waals surface area (Å²) in [5.74, 6) is 0. The number of ether oxygens (including phenoxy) is 1. The summed E-state index contributed by atoms with van der Waals surface area (Å²) >= 11 is 3.49. The third-order valence-electron chi connectivity index (χ3n) is 4.10. The molecule has 3 aromatic rings. The van der Waals surface area contributed by atoms with Gasteiger partial charge in [0.25, 0.3) is 0 Å². The fourth-order valence-corrected chi connectivity index (χ4v) is 3.42. The Balaban J connectivity index is 1.84. The van der Waals surface area contributed by atoms with Gasteiger partial charge in [0.2, 0.25) is 0 Å². The molecule has 0 spiro atoms. The van der Waals surface area contributed by atoms with Crippen molar-refractivity contribution in [3.63, 3.8) is 0 Å². The third kappa shape index (κ3) is 4.64. The minimum atomic E-state index is -1.27. The van der Waals surface area contributed by atoms with Gasteiger partial charge in [-0.15, -0.1) is 0 Å². The van der Waals surface area contributed by atoms with Gasteiger partial charge in [0, 0.05) is 26.3 Å². The first-order chi connectivity index (χ1) is 12.6. The predicted octanol–water partition coefficient (Wildman–Crippen LogP) is 4.21. The van der Waals surface area contributed by atoms with Gasteiger partial charge in [-0.25, -0.2) is 9.18 Å². The lowest BCUT2D eigenvalue weighted by Gasteiger charge is -2.20. The van der Waals surface area contributed by atoms with E-state index in [4.69, 9.17) is 12.6 Å². The zero-order valence-corrected chi connectivity index (χ0v) is 17.1. The van der Waals surface area contributed by atoms with Crippen LogP contribution in [-0.2, 0) is 11.3 Å². The maximum atomic E-state index is 14.6. The molecule has 1 unspecified atom stereocenters. The van der Waals surface area contributed by atoms with Crippen molar-refractivity contribution in [2.75, 3.05) is 6.54 Å². The first-order valence-corrected chi connectivity index (χ1v) is 9.51. The standard InChI is InChI=1S/C20H21BBrFN2O2/c1-20(2,3)27-19(26)24-10-14(23)11-25-17-6-4-12(21)8-15(17)16-9-13(22)5-7-18(16)25/h4-9,14H,10-11H2,1-3H3,(H,24,26). The molecule has 140 valence electrons. The molecule has 0 saturated heterocycles. The van der Waals surface area contributed by atoms with Crippen LogP contribution >= 0.6 is 15.9 Å². The van der Waals surface area contributed by atoms with E-state index in [1.165, 1.54) is 0 Å². The van der Waals surface area contributed by atoms with Crippen LogP contribution in [0.1, 0.15) is 20.8 Å². The number of amides is 1. The number of nitrogens with one attached hydrogen (secondary N) is 1. The largest absolute Gasteiger partial charge is 0.444 e. The number of carbonyl (C=O) groups is 1. The average Bonchev–Trinajstić information content (AvgIpc) is 2.84. The van der Waals surface area contributed by atoms with E-state index in [1.807, 2.05) is 34.9 Å². The number of nitrogens with zero attached hydrogens (tertiary/aromatic N) is 1. The number of fused-ring (bicyclic) bond motifs is 3. The average molecular weight is 431 g/mol. The first-order valence-electron chi connectivity index (χ1n) is 8.72. The van der Waals surface area contributed by atoms with E-state index in [0.29, 0.717) is 5.46 Å². The Morgan fingerprint density at radius 1 is 1.22 bits per heavy atom. The number of alkyl carbamates (subject to hydrolysis) is 1. The summed E-state index contributed by atoms with van der Waals surface area (Å²) < 4.78 is 22.7. The number of alkyl halides is 1. The number of hydrogen-bond acceptors (Lipinski definition) is 2. The molecule has 1 aromatic heterocycles. The minimum absolute atomic E-state index is 0.112. The second kappa shape index (κ2) is 7.54. The van der Waals surface area contributed by atoms with Crippen molar-refractivity contribution in [3.8, 4) is 0 Å². The lowest BCUT2D eigenvalue weighted by molar-refractivity contribution is 0.0511. The highest BCUT2D eigenvalue weighted by atomic mass is 79.9. The molecule has 0 aliphatic heterocycles. The number of halogens is 2. The second-order valence-corrected chi connectivity index (χ2v) is 8.44. The Bertz CT molecular complexity index is 938. The van der Waals surface area contributed by atoms with Crippen LogP contribution in [0.4, 0.5) is 9.18 Å². The maximum absolute atomic E-state index is 14.6. The molecule has 1 heterocycles. The van der Waals surface area contributed by atoms with Crippen LogP contribution in [-0.4, -0.2) is 36.8 Å². The van der Waals surface area contributed by atoms with Crippen LogP contribution < -0.4 is 10.8 Å². The summed E-state index contributed by atoms with van der Waals surface area (Å²) in [5, 5.41) is 4.46. The van der Waals surface area contributed by atoms with Crippen molar-refractivity contribution >= 4 is 57.1 Å². The number of hydrogen-bond donors (Lipinski definition) is 1. The molecule has 0 fully saturated rings. The maximum Gasteiger partial charge on any atom is 0.407 e. The summed E-state index contributed by atoms with van der Waals surface area (Å²) in [6, 6.07) is 11.5. The van der Waals surface area contributed by atoms with Gasteiger partial charge in [0.1, 0.15) is 19.6 Å². The van der Waals surface area contributed by atoms with Crippen LogP contribution in [0.5, 0.6) is 0 Å². The molecule has 0 aliphatic rings. The highest BCUT2D eigenvalue weighted by Gasteiger charge is 2.19. The Hall–Kier alpha value is -2.02. The summed E-state index contributed by atoms with van der Waals surface area (Å²) in [6.45, 7) is 5.28. The molecule has 1 atom stereocenters. The number of aromatic nitrogens is 1. The van der Waals surface area contributed by atoms with E-state index in [2.05, 4.69) is 21.2 Å². The highest BCUT2D eigenvalue weighted by Crippen LogP contribution is 2.31. The highest BCUT2D eigenvalue weighted by molar-refractivity contribution is 9.10. The molecule has 1 N–H and O–H groups in total. The Labute approximate surface area is 167 Å². The molecule has 0 saturated carbocycles. The summed E-state index contributed by atoms with van der Waals surface area (Å²) in [6.07, 6.45) is -1.89. The summed E-state index contributed by atoms with van der Waals surface area (Å²) in [5.41, 5.74) is 1.86. The number of carbonyl (C=O) groups excluding carboxylic acids is 1. The van der Waals surface area contributed by atoms with E-state index >= 15 is 0 Å². The monoisotopic (exact) mass is 430 g/mol. The van der Waals surface area contributed by atoms with Gasteiger partial charge in [-0.3, -0.25) is 0 Å².